The first-order chi connectivity index (χ1) is 7.90. The van der Waals surface area contributed by atoms with Gasteiger partial charge >= 0.3 is 6.18 Å². The standard InChI is InChI=1S/C10H5ClF3NOS/c11-8-5(4-16)3-15-9-7(8)1-6(17-9)2-10(12,13)14/h1,3-4H,2H2. The molecule has 0 atom stereocenters. The van der Waals surface area contributed by atoms with Crippen LogP contribution in [0.5, 0.6) is 0 Å². The zero-order chi connectivity index (χ0) is 12.6. The van der Waals surface area contributed by atoms with E-state index in [4.69, 9.17) is 11.6 Å². The van der Waals surface area contributed by atoms with Crippen molar-refractivity contribution in [3.8, 4) is 0 Å². The normalized spacial score (nSPS) is 12.0. The molecule has 2 nitrogen and oxygen atoms in total. The molecule has 0 radical (unpaired) electrons. The Morgan fingerprint density at radius 2 is 2.18 bits per heavy atom. The molecule has 0 aliphatic rings. The van der Waals surface area contributed by atoms with Crippen molar-refractivity contribution in [3.63, 3.8) is 0 Å². The van der Waals surface area contributed by atoms with E-state index in [1.54, 1.807) is 0 Å². The van der Waals surface area contributed by atoms with E-state index in [9.17, 15) is 18.0 Å². The van der Waals surface area contributed by atoms with Gasteiger partial charge < -0.3 is 0 Å². The van der Waals surface area contributed by atoms with Gasteiger partial charge in [0.05, 0.1) is 17.0 Å². The van der Waals surface area contributed by atoms with Crippen LogP contribution in [0, 0.1) is 0 Å². The molecular formula is C10H5ClF3NOS. The second-order valence-electron chi connectivity index (χ2n) is 3.37. The number of aromatic nitrogens is 1. The topological polar surface area (TPSA) is 30.0 Å². The molecule has 2 heterocycles. The van der Waals surface area contributed by atoms with Crippen molar-refractivity contribution in [2.75, 3.05) is 0 Å². The molecular weight excluding hydrogens is 275 g/mol. The number of rotatable bonds is 2. The van der Waals surface area contributed by atoms with Crippen LogP contribution in [0.4, 0.5) is 13.2 Å². The lowest BCUT2D eigenvalue weighted by molar-refractivity contribution is -0.126. The zero-order valence-corrected chi connectivity index (χ0v) is 9.79. The van der Waals surface area contributed by atoms with E-state index in [2.05, 4.69) is 4.98 Å². The van der Waals surface area contributed by atoms with Crippen molar-refractivity contribution in [2.24, 2.45) is 0 Å². The Labute approximate surface area is 103 Å². The number of alkyl halides is 3. The highest BCUT2D eigenvalue weighted by atomic mass is 35.5. The van der Waals surface area contributed by atoms with E-state index in [0.717, 1.165) is 11.3 Å². The fourth-order valence-corrected chi connectivity index (χ4v) is 2.72. The first-order valence-electron chi connectivity index (χ1n) is 4.49. The van der Waals surface area contributed by atoms with Crippen molar-refractivity contribution < 1.29 is 18.0 Å². The minimum absolute atomic E-state index is 0.130. The van der Waals surface area contributed by atoms with E-state index in [0.29, 0.717) is 16.5 Å². The molecule has 0 aliphatic heterocycles. The van der Waals surface area contributed by atoms with Crippen LogP contribution < -0.4 is 0 Å². The third-order valence-corrected chi connectivity index (χ3v) is 3.54. The Morgan fingerprint density at radius 3 is 2.76 bits per heavy atom. The highest BCUT2D eigenvalue weighted by molar-refractivity contribution is 7.18. The molecule has 2 aromatic rings. The van der Waals surface area contributed by atoms with Gasteiger partial charge in [0.2, 0.25) is 0 Å². The minimum Gasteiger partial charge on any atom is -0.298 e. The summed E-state index contributed by atoms with van der Waals surface area (Å²) >= 11 is 6.81. The highest BCUT2D eigenvalue weighted by Crippen LogP contribution is 2.34. The van der Waals surface area contributed by atoms with E-state index >= 15 is 0 Å². The number of halogens is 4. The fraction of sp³-hybridized carbons (Fsp3) is 0.200. The Kier molecular flexibility index (Phi) is 3.09. The minimum atomic E-state index is -4.26. The summed E-state index contributed by atoms with van der Waals surface area (Å²) in [5.41, 5.74) is 0.176. The number of thiophene rings is 1. The maximum Gasteiger partial charge on any atom is 0.393 e. The number of pyridine rings is 1. The van der Waals surface area contributed by atoms with Gasteiger partial charge in [-0.15, -0.1) is 11.3 Å². The van der Waals surface area contributed by atoms with Gasteiger partial charge in [-0.05, 0) is 6.07 Å². The Hall–Kier alpha value is -1.14. The molecule has 90 valence electrons. The third-order valence-electron chi connectivity index (χ3n) is 2.08. The summed E-state index contributed by atoms with van der Waals surface area (Å²) in [6, 6.07) is 1.33. The van der Waals surface area contributed by atoms with Gasteiger partial charge in [0.25, 0.3) is 0 Å². The van der Waals surface area contributed by atoms with Crippen molar-refractivity contribution in [1.29, 1.82) is 0 Å². The highest BCUT2D eigenvalue weighted by Gasteiger charge is 2.29. The lowest BCUT2D eigenvalue weighted by Gasteiger charge is -2.01. The SMILES string of the molecule is O=Cc1cnc2sc(CC(F)(F)F)cc2c1Cl. The van der Waals surface area contributed by atoms with Gasteiger partial charge in [-0.3, -0.25) is 4.79 Å². The number of aldehydes is 1. The Bertz CT molecular complexity index is 579. The maximum atomic E-state index is 12.2. The lowest BCUT2D eigenvalue weighted by Crippen LogP contribution is -2.09. The van der Waals surface area contributed by atoms with Crippen LogP contribution in [0.3, 0.4) is 0 Å². The quantitative estimate of drug-likeness (QED) is 0.781. The molecule has 0 N–H and O–H groups in total. The summed E-state index contributed by atoms with van der Waals surface area (Å²) in [6.45, 7) is 0. The van der Waals surface area contributed by atoms with Gasteiger partial charge in [0, 0.05) is 16.5 Å². The Balaban J connectivity index is 2.51. The van der Waals surface area contributed by atoms with Gasteiger partial charge in [0.15, 0.2) is 6.29 Å². The third kappa shape index (κ3) is 2.58. The summed E-state index contributed by atoms with van der Waals surface area (Å²) in [4.78, 5) is 15.0. The molecule has 0 aromatic carbocycles. The van der Waals surface area contributed by atoms with Gasteiger partial charge in [0.1, 0.15) is 4.83 Å². The summed E-state index contributed by atoms with van der Waals surface area (Å²) in [6.07, 6.45) is -3.50. The average Bonchev–Trinajstić information content (AvgIpc) is 2.59. The second kappa shape index (κ2) is 4.27. The number of hydrogen-bond donors (Lipinski definition) is 0. The maximum absolute atomic E-state index is 12.2. The monoisotopic (exact) mass is 279 g/mol. The molecule has 2 aromatic heterocycles. The molecule has 0 saturated heterocycles. The van der Waals surface area contributed by atoms with E-state index in [1.807, 2.05) is 0 Å². The van der Waals surface area contributed by atoms with Gasteiger partial charge in [-0.1, -0.05) is 11.6 Å². The number of carbonyl (C=O) groups is 1. The Morgan fingerprint density at radius 1 is 1.47 bits per heavy atom. The van der Waals surface area contributed by atoms with Crippen LogP contribution >= 0.6 is 22.9 Å². The number of fused-ring (bicyclic) bond motifs is 1. The number of hydrogen-bond acceptors (Lipinski definition) is 3. The predicted molar refractivity (Wildman–Crippen MR) is 59.8 cm³/mol. The molecule has 17 heavy (non-hydrogen) atoms. The lowest BCUT2D eigenvalue weighted by atomic mass is 10.2. The molecule has 0 fully saturated rings. The average molecular weight is 280 g/mol. The first kappa shape index (κ1) is 12.3. The summed E-state index contributed by atoms with van der Waals surface area (Å²) in [5, 5.41) is 0.537. The summed E-state index contributed by atoms with van der Waals surface area (Å²) < 4.78 is 36.6. The van der Waals surface area contributed by atoms with Crippen molar-refractivity contribution in [1.82, 2.24) is 4.98 Å². The molecule has 0 saturated carbocycles. The molecule has 0 bridgehead atoms. The molecule has 7 heteroatoms. The number of carbonyl (C=O) groups excluding carboxylic acids is 1. The largest absolute Gasteiger partial charge is 0.393 e. The molecule has 0 amide bonds. The number of nitrogens with zero attached hydrogens (tertiary/aromatic N) is 1. The van der Waals surface area contributed by atoms with Crippen molar-refractivity contribution in [3.05, 3.63) is 27.7 Å². The van der Waals surface area contributed by atoms with E-state index in [1.165, 1.54) is 12.3 Å². The van der Waals surface area contributed by atoms with Crippen LogP contribution in [-0.2, 0) is 6.42 Å². The molecule has 2 rings (SSSR count). The summed E-state index contributed by atoms with van der Waals surface area (Å²) in [7, 11) is 0. The van der Waals surface area contributed by atoms with Crippen LogP contribution in [0.1, 0.15) is 15.2 Å². The molecule has 0 spiro atoms. The molecule has 0 unspecified atom stereocenters. The second-order valence-corrected chi connectivity index (χ2v) is 4.86. The molecule has 0 aliphatic carbocycles. The van der Waals surface area contributed by atoms with Crippen LogP contribution in [0.2, 0.25) is 5.02 Å². The van der Waals surface area contributed by atoms with Crippen LogP contribution in [-0.4, -0.2) is 17.4 Å². The van der Waals surface area contributed by atoms with Crippen molar-refractivity contribution >= 4 is 39.4 Å². The van der Waals surface area contributed by atoms with E-state index in [-0.39, 0.29) is 15.5 Å². The van der Waals surface area contributed by atoms with Gasteiger partial charge in [-0.25, -0.2) is 4.98 Å². The van der Waals surface area contributed by atoms with Crippen molar-refractivity contribution in [2.45, 2.75) is 12.6 Å². The fourth-order valence-electron chi connectivity index (χ4n) is 1.39. The zero-order valence-electron chi connectivity index (χ0n) is 8.21. The predicted octanol–water partition coefficient (Wildman–Crippen LogP) is 3.87. The van der Waals surface area contributed by atoms with E-state index < -0.39 is 12.6 Å². The first-order valence-corrected chi connectivity index (χ1v) is 5.69. The summed E-state index contributed by atoms with van der Waals surface area (Å²) in [5.74, 6) is 0. The van der Waals surface area contributed by atoms with Crippen LogP contribution in [0.15, 0.2) is 12.3 Å². The van der Waals surface area contributed by atoms with Gasteiger partial charge in [-0.2, -0.15) is 13.2 Å². The smallest absolute Gasteiger partial charge is 0.298 e. The van der Waals surface area contributed by atoms with Crippen LogP contribution in [0.25, 0.3) is 10.2 Å².